The number of allylic oxidation sites excluding steroid dienone is 1. The molecule has 0 saturated carbocycles. The van der Waals surface area contributed by atoms with Crippen LogP contribution in [-0.4, -0.2) is 37.8 Å². The third-order valence-corrected chi connectivity index (χ3v) is 7.53. The van der Waals surface area contributed by atoms with Crippen molar-refractivity contribution in [2.24, 2.45) is 13.0 Å². The Morgan fingerprint density at radius 3 is 2.53 bits per heavy atom. The Kier molecular flexibility index (Phi) is 5.69. The summed E-state index contributed by atoms with van der Waals surface area (Å²) in [6.45, 7) is 9.87. The summed E-state index contributed by atoms with van der Waals surface area (Å²) in [5, 5.41) is 9.67. The summed E-state index contributed by atoms with van der Waals surface area (Å²) < 4.78 is 10.1. The first kappa shape index (κ1) is 22.7. The Morgan fingerprint density at radius 1 is 1.06 bits per heavy atom. The molecule has 0 aliphatic carbocycles. The molecule has 1 saturated heterocycles. The second-order valence-electron chi connectivity index (χ2n) is 9.93. The lowest BCUT2D eigenvalue weighted by Crippen LogP contribution is -2.26. The summed E-state index contributed by atoms with van der Waals surface area (Å²) in [4.78, 5) is 5.03. The van der Waals surface area contributed by atoms with Gasteiger partial charge in [0.25, 0.3) is 0 Å². The molecule has 0 N–H and O–H groups in total. The van der Waals surface area contributed by atoms with Gasteiger partial charge in [0, 0.05) is 37.4 Å². The Bertz CT molecular complexity index is 1550. The Hall–Kier alpha value is -3.77. The lowest BCUT2D eigenvalue weighted by Gasteiger charge is -2.33. The lowest BCUT2D eigenvalue weighted by molar-refractivity contribution is 0.0553. The minimum atomic E-state index is 0.165. The van der Waals surface area contributed by atoms with E-state index >= 15 is 0 Å². The van der Waals surface area contributed by atoms with Gasteiger partial charge in [-0.05, 0) is 55.9 Å². The first-order valence-corrected chi connectivity index (χ1v) is 12.6. The maximum atomic E-state index is 5.77. The second-order valence-corrected chi connectivity index (χ2v) is 9.93. The second kappa shape index (κ2) is 9.03. The van der Waals surface area contributed by atoms with E-state index in [1.807, 2.05) is 24.9 Å². The molecule has 6 rings (SSSR count). The molecular formula is C30H31N5O. The number of nitrogens with zero attached hydrogens (tertiary/aromatic N) is 5. The highest BCUT2D eigenvalue weighted by Gasteiger charge is 2.30. The van der Waals surface area contributed by atoms with Crippen molar-refractivity contribution >= 4 is 27.5 Å². The van der Waals surface area contributed by atoms with E-state index in [-0.39, 0.29) is 6.04 Å². The van der Waals surface area contributed by atoms with E-state index in [1.54, 1.807) is 0 Å². The summed E-state index contributed by atoms with van der Waals surface area (Å²) in [6, 6.07) is 20.0. The molecule has 0 spiro atoms. The molecule has 3 aromatic heterocycles. The first-order chi connectivity index (χ1) is 17.5. The third-order valence-electron chi connectivity index (χ3n) is 7.53. The van der Waals surface area contributed by atoms with Crippen LogP contribution in [0.5, 0.6) is 0 Å². The summed E-state index contributed by atoms with van der Waals surface area (Å²) >= 11 is 0. The highest BCUT2D eigenvalue weighted by Crippen LogP contribution is 2.41. The van der Waals surface area contributed by atoms with Gasteiger partial charge in [-0.25, -0.2) is 4.68 Å². The van der Waals surface area contributed by atoms with Crippen LogP contribution in [0.1, 0.15) is 42.6 Å². The number of ether oxygens (including phenoxy) is 1. The quantitative estimate of drug-likeness (QED) is 0.296. The van der Waals surface area contributed by atoms with Gasteiger partial charge in [0.1, 0.15) is 0 Å². The molecular weight excluding hydrogens is 446 g/mol. The minimum Gasteiger partial charge on any atom is -0.381 e. The molecule has 182 valence electrons. The molecule has 4 heterocycles. The fourth-order valence-electron chi connectivity index (χ4n) is 5.77. The summed E-state index contributed by atoms with van der Waals surface area (Å²) in [5.41, 5.74) is 9.77. The van der Waals surface area contributed by atoms with Crippen molar-refractivity contribution in [1.29, 1.82) is 0 Å². The molecule has 5 aromatic rings. The van der Waals surface area contributed by atoms with Gasteiger partial charge < -0.3 is 9.30 Å². The predicted octanol–water partition coefficient (Wildman–Crippen LogP) is 6.34. The number of pyridine rings is 1. The van der Waals surface area contributed by atoms with Gasteiger partial charge in [0.2, 0.25) is 0 Å². The molecule has 0 radical (unpaired) electrons. The maximum absolute atomic E-state index is 5.77. The van der Waals surface area contributed by atoms with Crippen molar-refractivity contribution in [3.05, 3.63) is 84.2 Å². The van der Waals surface area contributed by atoms with Gasteiger partial charge in [-0.1, -0.05) is 59.8 Å². The fraction of sp³-hybridized carbons (Fsp3) is 0.300. The van der Waals surface area contributed by atoms with E-state index in [9.17, 15) is 0 Å². The number of hydrogen-bond acceptors (Lipinski definition) is 4. The van der Waals surface area contributed by atoms with Crippen molar-refractivity contribution < 1.29 is 4.74 Å². The number of aryl methyl sites for hydroxylation is 2. The molecule has 1 fully saturated rings. The Morgan fingerprint density at radius 2 is 1.83 bits per heavy atom. The number of aromatic nitrogens is 5. The normalized spacial score (nSPS) is 15.5. The summed E-state index contributed by atoms with van der Waals surface area (Å²) in [5.74, 6) is 0.456. The Labute approximate surface area is 211 Å². The van der Waals surface area contributed by atoms with E-state index in [2.05, 4.69) is 83.0 Å². The number of rotatable bonds is 5. The van der Waals surface area contributed by atoms with Crippen LogP contribution in [0.15, 0.2) is 67.4 Å². The van der Waals surface area contributed by atoms with Crippen molar-refractivity contribution in [2.45, 2.75) is 32.7 Å². The monoisotopic (exact) mass is 477 g/mol. The van der Waals surface area contributed by atoms with Crippen LogP contribution in [0.25, 0.3) is 38.8 Å². The van der Waals surface area contributed by atoms with Crippen LogP contribution in [0, 0.1) is 12.8 Å². The van der Waals surface area contributed by atoms with E-state index in [4.69, 9.17) is 9.72 Å². The number of benzene rings is 2. The number of hydrogen-bond donors (Lipinski definition) is 0. The van der Waals surface area contributed by atoms with Crippen LogP contribution < -0.4 is 0 Å². The van der Waals surface area contributed by atoms with Gasteiger partial charge in [0.15, 0.2) is 0 Å². The summed E-state index contributed by atoms with van der Waals surface area (Å²) in [7, 11) is 1.93. The molecule has 2 aromatic carbocycles. The van der Waals surface area contributed by atoms with E-state index in [1.165, 1.54) is 11.1 Å². The average Bonchev–Trinajstić information content (AvgIpc) is 3.41. The van der Waals surface area contributed by atoms with E-state index in [0.717, 1.165) is 70.6 Å². The highest BCUT2D eigenvalue weighted by atomic mass is 16.5. The van der Waals surface area contributed by atoms with Gasteiger partial charge in [-0.15, -0.1) is 5.10 Å². The van der Waals surface area contributed by atoms with Crippen molar-refractivity contribution in [3.8, 4) is 11.3 Å². The van der Waals surface area contributed by atoms with E-state index < -0.39 is 0 Å². The predicted molar refractivity (Wildman–Crippen MR) is 145 cm³/mol. The lowest BCUT2D eigenvalue weighted by atomic mass is 9.86. The highest BCUT2D eigenvalue weighted by molar-refractivity contribution is 6.07. The van der Waals surface area contributed by atoms with Crippen LogP contribution >= 0.6 is 0 Å². The van der Waals surface area contributed by atoms with Crippen LogP contribution in [0.4, 0.5) is 0 Å². The van der Waals surface area contributed by atoms with Crippen molar-refractivity contribution in [1.82, 2.24) is 24.5 Å². The van der Waals surface area contributed by atoms with Crippen LogP contribution in [0.2, 0.25) is 0 Å². The molecule has 1 aliphatic rings. The zero-order valence-corrected chi connectivity index (χ0v) is 21.1. The molecule has 36 heavy (non-hydrogen) atoms. The molecule has 1 atom stereocenters. The first-order valence-electron chi connectivity index (χ1n) is 12.6. The van der Waals surface area contributed by atoms with Crippen molar-refractivity contribution in [2.75, 3.05) is 13.2 Å². The zero-order valence-electron chi connectivity index (χ0n) is 21.1. The van der Waals surface area contributed by atoms with E-state index in [0.29, 0.717) is 5.92 Å². The van der Waals surface area contributed by atoms with Crippen LogP contribution in [-0.2, 0) is 11.8 Å². The molecule has 0 bridgehead atoms. The van der Waals surface area contributed by atoms with Crippen molar-refractivity contribution in [3.63, 3.8) is 0 Å². The maximum Gasteiger partial charge on any atom is 0.0960 e. The van der Waals surface area contributed by atoms with Crippen LogP contribution in [0.3, 0.4) is 0 Å². The molecule has 1 aliphatic heterocycles. The zero-order chi connectivity index (χ0) is 24.8. The minimum absolute atomic E-state index is 0.165. The SMILES string of the molecule is C=C(C)c1ccc2c3ncc(-c4c(C)nnn4C)cc3n(C(c3ccccc3)C3CCOCC3)c2c1. The van der Waals surface area contributed by atoms with Gasteiger partial charge in [-0.2, -0.15) is 0 Å². The largest absolute Gasteiger partial charge is 0.381 e. The van der Waals surface area contributed by atoms with Gasteiger partial charge in [-0.3, -0.25) is 4.98 Å². The van der Waals surface area contributed by atoms with Gasteiger partial charge >= 0.3 is 0 Å². The molecule has 1 unspecified atom stereocenters. The average molecular weight is 478 g/mol. The standard InChI is InChI=1S/C30H31N5O/c1-19(2)23-10-11-25-26(16-23)35(30(21-8-6-5-7-9-21)22-12-14-36-15-13-22)27-17-24(18-31-28(25)27)29-20(3)32-33-34(29)4/h5-11,16-18,22,30H,1,12-15H2,2-4H3. The summed E-state index contributed by atoms with van der Waals surface area (Å²) in [6.07, 6.45) is 4.01. The molecule has 6 heteroatoms. The topological polar surface area (TPSA) is 57.8 Å². The Balaban J connectivity index is 1.69. The van der Waals surface area contributed by atoms with Gasteiger partial charge in [0.05, 0.1) is 34.0 Å². The fourth-order valence-corrected chi connectivity index (χ4v) is 5.77. The molecule has 0 amide bonds. The smallest absolute Gasteiger partial charge is 0.0960 e. The number of fused-ring (bicyclic) bond motifs is 3. The third kappa shape index (κ3) is 3.73. The molecule has 6 nitrogen and oxygen atoms in total.